The molecule has 0 saturated heterocycles. The first-order chi connectivity index (χ1) is 7.68. The summed E-state index contributed by atoms with van der Waals surface area (Å²) in [6.07, 6.45) is -9.50. The van der Waals surface area contributed by atoms with Gasteiger partial charge in [0.1, 0.15) is 16.8 Å². The summed E-state index contributed by atoms with van der Waals surface area (Å²) in [6.45, 7) is 0. The van der Waals surface area contributed by atoms with Crippen molar-refractivity contribution >= 4 is 23.1 Å². The largest absolute Gasteiger partial charge is 0.420 e. The first-order valence-electron chi connectivity index (χ1n) is 3.88. The third-order valence-electron chi connectivity index (χ3n) is 1.69. The Balaban J connectivity index is 3.60. The van der Waals surface area contributed by atoms with Crippen molar-refractivity contribution in [3.05, 3.63) is 23.5 Å². The van der Waals surface area contributed by atoms with Crippen LogP contribution >= 0.6 is 12.2 Å². The summed E-state index contributed by atoms with van der Waals surface area (Å²) < 4.78 is 74.5. The molecule has 0 atom stereocenters. The van der Waals surface area contributed by atoms with E-state index >= 15 is 0 Å². The number of hydrogen-bond donors (Lipinski definition) is 0. The van der Waals surface area contributed by atoms with Gasteiger partial charge in [0.15, 0.2) is 0 Å². The standard InChI is InChI=1S/C8H2F6N2S/c9-7(10,11)4-1-15-2-5(8(12,13)14)6(4)16-3-17/h1-2H. The number of aliphatic imine (C=N–C) groups is 1. The topological polar surface area (TPSA) is 25.2 Å². The molecule has 0 aliphatic rings. The highest BCUT2D eigenvalue weighted by molar-refractivity contribution is 7.78. The summed E-state index contributed by atoms with van der Waals surface area (Å²) in [7, 11) is 0. The molecule has 0 aliphatic carbocycles. The van der Waals surface area contributed by atoms with Gasteiger partial charge in [0.2, 0.25) is 0 Å². The number of alkyl halides is 6. The monoisotopic (exact) mass is 272 g/mol. The minimum Gasteiger partial charge on any atom is -0.263 e. The van der Waals surface area contributed by atoms with Crippen LogP contribution in [0.3, 0.4) is 0 Å². The van der Waals surface area contributed by atoms with Gasteiger partial charge in [0, 0.05) is 12.4 Å². The van der Waals surface area contributed by atoms with E-state index < -0.39 is 29.2 Å². The smallest absolute Gasteiger partial charge is 0.263 e. The van der Waals surface area contributed by atoms with Crippen molar-refractivity contribution in [2.75, 3.05) is 0 Å². The van der Waals surface area contributed by atoms with Crippen LogP contribution in [-0.2, 0) is 12.4 Å². The van der Waals surface area contributed by atoms with Crippen LogP contribution in [-0.4, -0.2) is 10.1 Å². The summed E-state index contributed by atoms with van der Waals surface area (Å²) in [5, 5.41) is 1.49. The lowest BCUT2D eigenvalue weighted by Gasteiger charge is -2.13. The molecule has 2 nitrogen and oxygen atoms in total. The average molecular weight is 272 g/mol. The van der Waals surface area contributed by atoms with Gasteiger partial charge in [0.05, 0.1) is 5.16 Å². The Morgan fingerprint density at radius 1 is 1.00 bits per heavy atom. The molecule has 17 heavy (non-hydrogen) atoms. The average Bonchev–Trinajstić information content (AvgIpc) is 2.15. The number of nitrogens with zero attached hydrogens (tertiary/aromatic N) is 2. The summed E-state index contributed by atoms with van der Waals surface area (Å²) >= 11 is 4.03. The molecular weight excluding hydrogens is 270 g/mol. The second-order valence-electron chi connectivity index (χ2n) is 2.78. The van der Waals surface area contributed by atoms with Crippen molar-refractivity contribution in [2.45, 2.75) is 12.4 Å². The normalized spacial score (nSPS) is 12.1. The Morgan fingerprint density at radius 3 is 1.71 bits per heavy atom. The lowest BCUT2D eigenvalue weighted by molar-refractivity contribution is -0.142. The number of isothiocyanates is 1. The van der Waals surface area contributed by atoms with E-state index in [1.807, 2.05) is 0 Å². The Labute approximate surface area is 96.0 Å². The number of aromatic nitrogens is 1. The third kappa shape index (κ3) is 3.01. The van der Waals surface area contributed by atoms with Crippen LogP contribution in [0.1, 0.15) is 11.1 Å². The van der Waals surface area contributed by atoms with Crippen LogP contribution in [0.15, 0.2) is 17.4 Å². The fourth-order valence-corrected chi connectivity index (χ4v) is 1.13. The minimum absolute atomic E-state index is 0.251. The third-order valence-corrected chi connectivity index (χ3v) is 1.78. The molecule has 0 amide bonds. The molecule has 1 heterocycles. The van der Waals surface area contributed by atoms with Gasteiger partial charge >= 0.3 is 12.4 Å². The molecule has 0 radical (unpaired) electrons. The van der Waals surface area contributed by atoms with Gasteiger partial charge in [-0.2, -0.15) is 31.3 Å². The molecule has 0 fully saturated rings. The van der Waals surface area contributed by atoms with Crippen LogP contribution in [0.25, 0.3) is 0 Å². The molecule has 0 unspecified atom stereocenters. The first-order valence-corrected chi connectivity index (χ1v) is 4.29. The summed E-state index contributed by atoms with van der Waals surface area (Å²) in [5.41, 5.74) is -4.54. The molecule has 0 saturated carbocycles. The molecule has 0 spiro atoms. The van der Waals surface area contributed by atoms with Crippen molar-refractivity contribution < 1.29 is 26.3 Å². The van der Waals surface area contributed by atoms with Gasteiger partial charge in [-0.1, -0.05) is 0 Å². The molecule has 0 aliphatic heterocycles. The van der Waals surface area contributed by atoms with Crippen molar-refractivity contribution in [3.63, 3.8) is 0 Å². The SMILES string of the molecule is FC(F)(F)c1cncc(C(F)(F)F)c1N=C=S. The number of thiocarbonyl (C=S) groups is 1. The van der Waals surface area contributed by atoms with E-state index in [9.17, 15) is 26.3 Å². The zero-order valence-electron chi connectivity index (χ0n) is 7.73. The van der Waals surface area contributed by atoms with E-state index in [1.54, 1.807) is 0 Å². The molecule has 0 bridgehead atoms. The van der Waals surface area contributed by atoms with E-state index in [1.165, 1.54) is 5.16 Å². The maximum absolute atomic E-state index is 12.4. The van der Waals surface area contributed by atoms with Gasteiger partial charge in [0.25, 0.3) is 0 Å². The minimum atomic E-state index is -5.00. The molecule has 9 heteroatoms. The zero-order valence-corrected chi connectivity index (χ0v) is 8.54. The summed E-state index contributed by atoms with van der Waals surface area (Å²) in [5.74, 6) is 0. The fourth-order valence-electron chi connectivity index (χ4n) is 1.03. The van der Waals surface area contributed by atoms with Crippen LogP contribution in [0.5, 0.6) is 0 Å². The van der Waals surface area contributed by atoms with E-state index in [0.29, 0.717) is 0 Å². The number of halogens is 6. The zero-order chi connectivity index (χ0) is 13.3. The molecule has 1 aromatic heterocycles. The van der Waals surface area contributed by atoms with Gasteiger partial charge in [-0.25, -0.2) is 0 Å². The highest BCUT2D eigenvalue weighted by Crippen LogP contribution is 2.43. The molecule has 0 aromatic carbocycles. The van der Waals surface area contributed by atoms with Gasteiger partial charge in [-0.05, 0) is 12.2 Å². The molecule has 1 aromatic rings. The number of rotatable bonds is 1. The highest BCUT2D eigenvalue weighted by Gasteiger charge is 2.41. The Kier molecular flexibility index (Phi) is 3.53. The van der Waals surface area contributed by atoms with Crippen molar-refractivity contribution in [2.24, 2.45) is 4.99 Å². The second kappa shape index (κ2) is 4.42. The van der Waals surface area contributed by atoms with Crippen molar-refractivity contribution in [3.8, 4) is 0 Å². The van der Waals surface area contributed by atoms with Crippen molar-refractivity contribution in [1.29, 1.82) is 0 Å². The predicted octanol–water partition coefficient (Wildman–Crippen LogP) is 3.85. The highest BCUT2D eigenvalue weighted by atomic mass is 32.1. The molecule has 1 rings (SSSR count). The van der Waals surface area contributed by atoms with Gasteiger partial charge in [-0.15, -0.1) is 0 Å². The van der Waals surface area contributed by atoms with Crippen LogP contribution in [0, 0.1) is 0 Å². The van der Waals surface area contributed by atoms with Gasteiger partial charge in [-0.3, -0.25) is 4.98 Å². The molecule has 92 valence electrons. The second-order valence-corrected chi connectivity index (χ2v) is 2.96. The maximum atomic E-state index is 12.4. The van der Waals surface area contributed by atoms with Gasteiger partial charge < -0.3 is 0 Å². The van der Waals surface area contributed by atoms with Crippen LogP contribution in [0.4, 0.5) is 32.0 Å². The van der Waals surface area contributed by atoms with Crippen molar-refractivity contribution in [1.82, 2.24) is 4.98 Å². The summed E-state index contributed by atoms with van der Waals surface area (Å²) in [6, 6.07) is 0. The Morgan fingerprint density at radius 2 is 1.41 bits per heavy atom. The predicted molar refractivity (Wildman–Crippen MR) is 48.9 cm³/mol. The lowest BCUT2D eigenvalue weighted by Crippen LogP contribution is -2.12. The maximum Gasteiger partial charge on any atom is 0.420 e. The van der Waals surface area contributed by atoms with E-state index in [2.05, 4.69) is 22.2 Å². The van der Waals surface area contributed by atoms with E-state index in [0.717, 1.165) is 0 Å². The molecule has 0 N–H and O–H groups in total. The number of pyridine rings is 1. The van der Waals surface area contributed by atoms with E-state index in [-0.39, 0.29) is 12.4 Å². The Bertz CT molecular complexity index is 440. The van der Waals surface area contributed by atoms with Crippen LogP contribution in [0.2, 0.25) is 0 Å². The number of hydrogen-bond acceptors (Lipinski definition) is 3. The lowest BCUT2D eigenvalue weighted by atomic mass is 10.1. The van der Waals surface area contributed by atoms with Crippen LogP contribution < -0.4 is 0 Å². The first kappa shape index (κ1) is 13.6. The molecular formula is C8H2F6N2S. The quantitative estimate of drug-likeness (QED) is 0.440. The summed E-state index contributed by atoms with van der Waals surface area (Å²) in [4.78, 5) is 5.72. The Hall–Kier alpha value is -1.47. The van der Waals surface area contributed by atoms with E-state index in [4.69, 9.17) is 0 Å². The fraction of sp³-hybridized carbons (Fsp3) is 0.250.